The van der Waals surface area contributed by atoms with E-state index in [2.05, 4.69) is 13.5 Å². The van der Waals surface area contributed by atoms with Crippen molar-refractivity contribution in [2.45, 2.75) is 58.0 Å². The summed E-state index contributed by atoms with van der Waals surface area (Å²) in [6.07, 6.45) is 6.37. The lowest BCUT2D eigenvalue weighted by atomic mass is 9.62. The first kappa shape index (κ1) is 15.9. The minimum Gasteiger partial charge on any atom is -0.465 e. The molecular formula is C21H28O4. The van der Waals surface area contributed by atoms with Crippen molar-refractivity contribution >= 4 is 11.9 Å². The third kappa shape index (κ3) is 2.00. The lowest BCUT2D eigenvalue weighted by Crippen LogP contribution is -2.41. The van der Waals surface area contributed by atoms with Gasteiger partial charge in [-0.15, -0.1) is 0 Å². The third-order valence-electron chi connectivity index (χ3n) is 8.30. The Labute approximate surface area is 149 Å². The second kappa shape index (κ2) is 4.89. The van der Waals surface area contributed by atoms with Gasteiger partial charge in [-0.1, -0.05) is 6.58 Å². The Hall–Kier alpha value is -1.32. The van der Waals surface area contributed by atoms with Crippen LogP contribution in [0.5, 0.6) is 0 Å². The Kier molecular flexibility index (Phi) is 3.11. The summed E-state index contributed by atoms with van der Waals surface area (Å²) in [4.78, 5) is 24.6. The highest BCUT2D eigenvalue weighted by atomic mass is 16.6. The van der Waals surface area contributed by atoms with E-state index in [1.807, 2.05) is 0 Å². The van der Waals surface area contributed by atoms with Crippen LogP contribution in [0, 0.1) is 40.9 Å². The predicted molar refractivity (Wildman–Crippen MR) is 91.3 cm³/mol. The van der Waals surface area contributed by atoms with Crippen molar-refractivity contribution in [3.63, 3.8) is 0 Å². The van der Waals surface area contributed by atoms with Crippen LogP contribution >= 0.6 is 0 Å². The van der Waals surface area contributed by atoms with Gasteiger partial charge in [0.2, 0.25) is 0 Å². The van der Waals surface area contributed by atoms with Crippen molar-refractivity contribution in [1.29, 1.82) is 0 Å². The third-order valence-corrected chi connectivity index (χ3v) is 8.30. The van der Waals surface area contributed by atoms with E-state index in [9.17, 15) is 9.59 Å². The van der Waals surface area contributed by atoms with Crippen LogP contribution in [0.4, 0.5) is 0 Å². The highest BCUT2D eigenvalue weighted by Gasteiger charge is 2.70. The van der Waals surface area contributed by atoms with Gasteiger partial charge in [0.25, 0.3) is 0 Å². The molecule has 4 bridgehead atoms. The van der Waals surface area contributed by atoms with Gasteiger partial charge in [0.15, 0.2) is 0 Å². The summed E-state index contributed by atoms with van der Waals surface area (Å²) in [5.74, 6) is 3.62. The van der Waals surface area contributed by atoms with Gasteiger partial charge in [-0.3, -0.25) is 4.79 Å². The summed E-state index contributed by atoms with van der Waals surface area (Å²) < 4.78 is 11.3. The lowest BCUT2D eigenvalue weighted by molar-refractivity contribution is -0.158. The molecule has 4 nitrogen and oxygen atoms in total. The maximum Gasteiger partial charge on any atom is 0.333 e. The zero-order valence-electron chi connectivity index (χ0n) is 15.3. The molecule has 5 aliphatic rings. The summed E-state index contributed by atoms with van der Waals surface area (Å²) >= 11 is 0. The fourth-order valence-electron chi connectivity index (χ4n) is 7.82. The van der Waals surface area contributed by atoms with Crippen molar-refractivity contribution in [2.24, 2.45) is 40.9 Å². The van der Waals surface area contributed by atoms with Gasteiger partial charge in [0.1, 0.15) is 5.60 Å². The smallest absolute Gasteiger partial charge is 0.333 e. The van der Waals surface area contributed by atoms with Crippen LogP contribution in [-0.4, -0.2) is 24.1 Å². The highest BCUT2D eigenvalue weighted by Crippen LogP contribution is 2.73. The number of rotatable bonds is 2. The molecule has 0 aromatic rings. The molecule has 136 valence electrons. The van der Waals surface area contributed by atoms with Gasteiger partial charge in [-0.05, 0) is 87.9 Å². The molecule has 0 radical (unpaired) electrons. The molecule has 0 N–H and O–H groups in total. The summed E-state index contributed by atoms with van der Waals surface area (Å²) in [7, 11) is 0. The number of esters is 2. The van der Waals surface area contributed by atoms with Crippen molar-refractivity contribution in [1.82, 2.24) is 0 Å². The van der Waals surface area contributed by atoms with Gasteiger partial charge in [0, 0.05) is 5.57 Å². The van der Waals surface area contributed by atoms with E-state index in [0.29, 0.717) is 41.8 Å². The first-order valence-electron chi connectivity index (χ1n) is 9.89. The molecule has 4 aliphatic carbocycles. The summed E-state index contributed by atoms with van der Waals surface area (Å²) in [5, 5.41) is 0. The largest absolute Gasteiger partial charge is 0.465 e. The molecule has 0 aromatic carbocycles. The van der Waals surface area contributed by atoms with E-state index in [4.69, 9.17) is 9.47 Å². The normalized spacial score (nSPS) is 52.3. The van der Waals surface area contributed by atoms with E-state index in [1.54, 1.807) is 6.92 Å². The quantitative estimate of drug-likeness (QED) is 0.437. The molecule has 25 heavy (non-hydrogen) atoms. The van der Waals surface area contributed by atoms with Crippen LogP contribution in [0.25, 0.3) is 0 Å². The number of ether oxygens (including phenoxy) is 2. The topological polar surface area (TPSA) is 52.6 Å². The molecule has 5 rings (SSSR count). The van der Waals surface area contributed by atoms with Crippen LogP contribution in [0.15, 0.2) is 12.2 Å². The molecular weight excluding hydrogens is 316 g/mol. The molecule has 8 atom stereocenters. The predicted octanol–water partition coefficient (Wildman–Crippen LogP) is 3.50. The molecule has 1 heterocycles. The highest BCUT2D eigenvalue weighted by molar-refractivity contribution is 5.87. The first-order valence-corrected chi connectivity index (χ1v) is 9.89. The number of fused-ring (bicyclic) bond motifs is 10. The fourth-order valence-corrected chi connectivity index (χ4v) is 7.82. The van der Waals surface area contributed by atoms with Crippen molar-refractivity contribution < 1.29 is 19.1 Å². The zero-order chi connectivity index (χ0) is 17.6. The van der Waals surface area contributed by atoms with Crippen LogP contribution in [0.2, 0.25) is 0 Å². The maximum atomic E-state index is 12.5. The van der Waals surface area contributed by atoms with Crippen LogP contribution in [-0.2, 0) is 19.1 Å². The second-order valence-corrected chi connectivity index (χ2v) is 9.79. The number of hydrogen-bond acceptors (Lipinski definition) is 4. The Morgan fingerprint density at radius 3 is 2.48 bits per heavy atom. The molecule has 4 saturated carbocycles. The molecule has 8 unspecified atom stereocenters. The number of hydrogen-bond donors (Lipinski definition) is 0. The van der Waals surface area contributed by atoms with Crippen molar-refractivity contribution in [2.75, 3.05) is 6.61 Å². The van der Waals surface area contributed by atoms with E-state index in [-0.39, 0.29) is 23.0 Å². The Bertz CT molecular complexity index is 669. The standard InChI is InChI=1S/C21H28O4/c1-11(2)18(22)25-20(3)8-12-6-13(9-20)17-15-7-14(16(12)17)10-21(15)4-5-24-19(21)23/h12-17H,1,4-10H2,2-3H3. The van der Waals surface area contributed by atoms with E-state index in [1.165, 1.54) is 12.8 Å². The molecule has 0 amide bonds. The number of carbonyl (C=O) groups is 2. The van der Waals surface area contributed by atoms with E-state index in [0.717, 1.165) is 31.6 Å². The molecule has 1 aliphatic heterocycles. The van der Waals surface area contributed by atoms with Gasteiger partial charge in [-0.25, -0.2) is 4.79 Å². The first-order chi connectivity index (χ1) is 11.8. The zero-order valence-corrected chi connectivity index (χ0v) is 15.3. The minimum atomic E-state index is -0.364. The number of carbonyl (C=O) groups excluding carboxylic acids is 2. The SMILES string of the molecule is C=C(C)C(=O)OC1(C)CC2CC(C1)C1C2C2CC1C1(CCOC1=O)C2. The van der Waals surface area contributed by atoms with Gasteiger partial charge in [-0.2, -0.15) is 0 Å². The Morgan fingerprint density at radius 2 is 1.84 bits per heavy atom. The lowest BCUT2D eigenvalue weighted by Gasteiger charge is -2.40. The summed E-state index contributed by atoms with van der Waals surface area (Å²) in [5.41, 5.74) is -0.0581. The van der Waals surface area contributed by atoms with Crippen LogP contribution in [0.1, 0.15) is 52.4 Å². The van der Waals surface area contributed by atoms with Crippen LogP contribution < -0.4 is 0 Å². The van der Waals surface area contributed by atoms with Gasteiger partial charge < -0.3 is 9.47 Å². The van der Waals surface area contributed by atoms with Crippen molar-refractivity contribution in [3.8, 4) is 0 Å². The van der Waals surface area contributed by atoms with Crippen LogP contribution in [0.3, 0.4) is 0 Å². The number of cyclic esters (lactones) is 1. The maximum absolute atomic E-state index is 12.5. The van der Waals surface area contributed by atoms with Crippen molar-refractivity contribution in [3.05, 3.63) is 12.2 Å². The Balaban J connectivity index is 1.42. The minimum absolute atomic E-state index is 0.0800. The molecule has 4 heteroatoms. The average molecular weight is 344 g/mol. The van der Waals surface area contributed by atoms with E-state index >= 15 is 0 Å². The molecule has 0 aromatic heterocycles. The van der Waals surface area contributed by atoms with E-state index < -0.39 is 0 Å². The molecule has 5 fully saturated rings. The summed E-state index contributed by atoms with van der Waals surface area (Å²) in [6.45, 7) is 8.16. The van der Waals surface area contributed by atoms with Gasteiger partial charge >= 0.3 is 11.9 Å². The average Bonchev–Trinajstić information content (AvgIpc) is 3.24. The molecule has 1 spiro atoms. The second-order valence-electron chi connectivity index (χ2n) is 9.79. The monoisotopic (exact) mass is 344 g/mol. The Morgan fingerprint density at radius 1 is 1.16 bits per heavy atom. The molecule has 1 saturated heterocycles. The van der Waals surface area contributed by atoms with Gasteiger partial charge in [0.05, 0.1) is 12.0 Å². The fraction of sp³-hybridized carbons (Fsp3) is 0.810. The summed E-state index contributed by atoms with van der Waals surface area (Å²) in [6, 6.07) is 0.